The van der Waals surface area contributed by atoms with Crippen molar-refractivity contribution in [2.75, 3.05) is 0 Å². The molecule has 0 amide bonds. The largest absolute Gasteiger partial charge is 0.274 e. The highest BCUT2D eigenvalue weighted by atomic mass is 35.5. The van der Waals surface area contributed by atoms with Crippen molar-refractivity contribution < 1.29 is 0 Å². The molecule has 4 rings (SSSR count). The Morgan fingerprint density at radius 2 is 1.72 bits per heavy atom. The molecule has 0 radical (unpaired) electrons. The summed E-state index contributed by atoms with van der Waals surface area (Å²) in [4.78, 5) is 14.4. The highest BCUT2D eigenvalue weighted by Gasteiger charge is 2.44. The van der Waals surface area contributed by atoms with E-state index in [9.17, 15) is 0 Å². The van der Waals surface area contributed by atoms with Gasteiger partial charge in [0, 0.05) is 27.6 Å². The summed E-state index contributed by atoms with van der Waals surface area (Å²) in [6.45, 7) is 8.73. The van der Waals surface area contributed by atoms with Gasteiger partial charge in [0.05, 0.1) is 11.1 Å². The van der Waals surface area contributed by atoms with Gasteiger partial charge >= 0.3 is 0 Å². The third-order valence-electron chi connectivity index (χ3n) is 5.53. The van der Waals surface area contributed by atoms with Gasteiger partial charge in [-0.15, -0.1) is 0 Å². The van der Waals surface area contributed by atoms with Crippen LogP contribution in [0.4, 0.5) is 0 Å². The number of para-hydroxylation sites is 1. The highest BCUT2D eigenvalue weighted by Crippen LogP contribution is 2.44. The van der Waals surface area contributed by atoms with Crippen molar-refractivity contribution in [2.45, 2.75) is 38.6 Å². The third kappa shape index (κ3) is 2.46. The van der Waals surface area contributed by atoms with E-state index in [1.165, 1.54) is 5.56 Å². The summed E-state index contributed by atoms with van der Waals surface area (Å²) in [5.74, 6) is 0.658. The Kier molecular flexibility index (Phi) is 3.48. The molecule has 3 aromatic rings. The quantitative estimate of drug-likeness (QED) is 0.606. The van der Waals surface area contributed by atoms with Crippen LogP contribution in [-0.4, -0.2) is 21.2 Å². The predicted octanol–water partition coefficient (Wildman–Crippen LogP) is 5.19. The van der Waals surface area contributed by atoms with Gasteiger partial charge in [-0.05, 0) is 37.6 Å². The number of hydrogen-bond donors (Lipinski definition) is 0. The summed E-state index contributed by atoms with van der Waals surface area (Å²) < 4.78 is 0. The van der Waals surface area contributed by atoms with E-state index >= 15 is 0 Å². The monoisotopic (exact) mass is 349 g/mol. The van der Waals surface area contributed by atoms with Crippen LogP contribution in [0.15, 0.2) is 53.7 Å². The fourth-order valence-electron chi connectivity index (χ4n) is 3.31. The fraction of sp³-hybridized carbons (Fsp3) is 0.286. The number of fused-ring (bicyclic) bond motifs is 2. The van der Waals surface area contributed by atoms with E-state index in [4.69, 9.17) is 21.6 Å². The maximum atomic E-state index is 6.30. The van der Waals surface area contributed by atoms with Crippen LogP contribution in [0.5, 0.6) is 0 Å². The number of benzene rings is 2. The smallest absolute Gasteiger partial charge is 0.178 e. The first-order valence-electron chi connectivity index (χ1n) is 8.42. The Hall–Kier alpha value is -2.26. The molecule has 2 aromatic carbocycles. The van der Waals surface area contributed by atoms with Gasteiger partial charge in [-0.1, -0.05) is 49.7 Å². The van der Waals surface area contributed by atoms with Gasteiger partial charge in [0.1, 0.15) is 5.71 Å². The molecule has 0 spiro atoms. The van der Waals surface area contributed by atoms with Crippen LogP contribution in [0.2, 0.25) is 5.02 Å². The molecule has 0 unspecified atom stereocenters. The lowest BCUT2D eigenvalue weighted by Gasteiger charge is -2.44. The summed E-state index contributed by atoms with van der Waals surface area (Å²) in [5.41, 5.74) is 3.56. The second kappa shape index (κ2) is 5.37. The molecule has 1 aromatic heterocycles. The molecule has 0 saturated carbocycles. The lowest BCUT2D eigenvalue weighted by molar-refractivity contribution is 0.303. The lowest BCUT2D eigenvalue weighted by Crippen LogP contribution is -2.46. The van der Waals surface area contributed by atoms with Crippen molar-refractivity contribution in [3.63, 3.8) is 0 Å². The van der Waals surface area contributed by atoms with E-state index in [1.54, 1.807) is 0 Å². The van der Waals surface area contributed by atoms with Gasteiger partial charge in [-0.25, -0.2) is 9.97 Å². The number of aliphatic imine (C=N–C) groups is 1. The van der Waals surface area contributed by atoms with E-state index < -0.39 is 0 Å². The molecule has 2 heterocycles. The van der Waals surface area contributed by atoms with Crippen molar-refractivity contribution in [1.82, 2.24) is 9.97 Å². The first-order valence-corrected chi connectivity index (χ1v) is 8.80. The van der Waals surface area contributed by atoms with Crippen LogP contribution < -0.4 is 0 Å². The Morgan fingerprint density at radius 1 is 0.960 bits per heavy atom. The predicted molar refractivity (Wildman–Crippen MR) is 104 cm³/mol. The number of aromatic nitrogens is 2. The van der Waals surface area contributed by atoms with Crippen LogP contribution in [0, 0.1) is 0 Å². The molecule has 0 bridgehead atoms. The Bertz CT molecular complexity index is 1020. The molecular formula is C21H20ClN3. The van der Waals surface area contributed by atoms with Gasteiger partial charge < -0.3 is 0 Å². The minimum atomic E-state index is -0.297. The Morgan fingerprint density at radius 3 is 2.52 bits per heavy atom. The van der Waals surface area contributed by atoms with Gasteiger partial charge in [0.15, 0.2) is 5.82 Å². The van der Waals surface area contributed by atoms with E-state index in [0.717, 1.165) is 27.2 Å². The second-order valence-corrected chi connectivity index (χ2v) is 8.02. The molecule has 0 saturated heterocycles. The molecule has 0 atom stereocenters. The molecule has 4 heteroatoms. The van der Waals surface area contributed by atoms with Crippen LogP contribution >= 0.6 is 11.6 Å². The number of halogens is 1. The molecule has 25 heavy (non-hydrogen) atoms. The van der Waals surface area contributed by atoms with Crippen molar-refractivity contribution in [2.24, 2.45) is 4.99 Å². The molecule has 126 valence electrons. The normalized spacial score (nSPS) is 17.9. The first-order chi connectivity index (χ1) is 11.8. The summed E-state index contributed by atoms with van der Waals surface area (Å²) in [6.07, 6.45) is 1.86. The van der Waals surface area contributed by atoms with Crippen molar-refractivity contribution >= 4 is 28.2 Å². The summed E-state index contributed by atoms with van der Waals surface area (Å²) in [6, 6.07) is 14.0. The van der Waals surface area contributed by atoms with E-state index in [0.29, 0.717) is 5.82 Å². The van der Waals surface area contributed by atoms with E-state index in [1.807, 2.05) is 48.7 Å². The topological polar surface area (TPSA) is 38.1 Å². The molecule has 0 N–H and O–H groups in total. The first kappa shape index (κ1) is 16.2. The van der Waals surface area contributed by atoms with E-state index in [-0.39, 0.29) is 11.0 Å². The van der Waals surface area contributed by atoms with Gasteiger partial charge in [0.2, 0.25) is 0 Å². The maximum absolute atomic E-state index is 6.30. The van der Waals surface area contributed by atoms with Gasteiger partial charge in [-0.3, -0.25) is 4.99 Å². The average molecular weight is 350 g/mol. The fourth-order valence-corrected chi connectivity index (χ4v) is 3.48. The molecule has 1 aliphatic rings. The SMILES string of the molecule is CC1(C)N=C(c2ncc3ccccc3n2)c2ccc(Cl)cc2C1(C)C. The zero-order valence-electron chi connectivity index (χ0n) is 14.8. The van der Waals surface area contributed by atoms with Gasteiger partial charge in [0.25, 0.3) is 0 Å². The maximum Gasteiger partial charge on any atom is 0.178 e. The minimum absolute atomic E-state index is 0.145. The zero-order chi connectivity index (χ0) is 17.8. The van der Waals surface area contributed by atoms with E-state index in [2.05, 4.69) is 32.7 Å². The standard InChI is InChI=1S/C21H20ClN3/c1-20(2)16-11-14(22)9-10-15(16)18(25-21(20,3)4)19-23-12-13-7-5-6-8-17(13)24-19/h5-12H,1-4H3. The van der Waals surface area contributed by atoms with Crippen molar-refractivity contribution in [3.8, 4) is 0 Å². The summed E-state index contributed by atoms with van der Waals surface area (Å²) >= 11 is 6.30. The summed E-state index contributed by atoms with van der Waals surface area (Å²) in [7, 11) is 0. The number of rotatable bonds is 1. The second-order valence-electron chi connectivity index (χ2n) is 7.59. The molecule has 3 nitrogen and oxygen atoms in total. The molecule has 0 fully saturated rings. The highest BCUT2D eigenvalue weighted by molar-refractivity contribution is 6.31. The van der Waals surface area contributed by atoms with Crippen LogP contribution in [0.3, 0.4) is 0 Å². The summed E-state index contributed by atoms with van der Waals surface area (Å²) in [5, 5.41) is 1.77. The molecule has 1 aliphatic heterocycles. The number of nitrogens with zero attached hydrogens (tertiary/aromatic N) is 3. The van der Waals surface area contributed by atoms with Crippen molar-refractivity contribution in [1.29, 1.82) is 0 Å². The minimum Gasteiger partial charge on any atom is -0.274 e. The Balaban J connectivity index is 1.98. The molecule has 0 aliphatic carbocycles. The average Bonchev–Trinajstić information content (AvgIpc) is 2.58. The molecular weight excluding hydrogens is 330 g/mol. The van der Waals surface area contributed by atoms with Crippen LogP contribution in [0.25, 0.3) is 10.9 Å². The Labute approximate surface area is 152 Å². The zero-order valence-corrected chi connectivity index (χ0v) is 15.6. The van der Waals surface area contributed by atoms with Crippen LogP contribution in [0.1, 0.15) is 44.6 Å². The van der Waals surface area contributed by atoms with Gasteiger partial charge in [-0.2, -0.15) is 0 Å². The third-order valence-corrected chi connectivity index (χ3v) is 5.77. The van der Waals surface area contributed by atoms with Crippen molar-refractivity contribution in [3.05, 3.63) is 70.6 Å². The lowest BCUT2D eigenvalue weighted by atomic mass is 9.66. The van der Waals surface area contributed by atoms with Crippen LogP contribution in [-0.2, 0) is 5.41 Å². The number of hydrogen-bond acceptors (Lipinski definition) is 3.